The lowest BCUT2D eigenvalue weighted by molar-refractivity contribution is 1.18. The number of nitriles is 1. The summed E-state index contributed by atoms with van der Waals surface area (Å²) in [5, 5.41) is 12.9. The van der Waals surface area contributed by atoms with Gasteiger partial charge in [-0.3, -0.25) is 0 Å². The summed E-state index contributed by atoms with van der Waals surface area (Å²) >= 11 is 1.75. The Labute approximate surface area is 269 Å². The normalized spacial score (nSPS) is 11.5. The summed E-state index contributed by atoms with van der Waals surface area (Å²) in [6.07, 6.45) is 0. The van der Waals surface area contributed by atoms with Crippen molar-refractivity contribution in [1.82, 2.24) is 14.5 Å². The van der Waals surface area contributed by atoms with Gasteiger partial charge in [-0.05, 0) is 59.7 Å². The highest BCUT2D eigenvalue weighted by atomic mass is 32.1. The standard InChI is InChI=1S/C41H24N4S/c42-25-26-20-22-28(23-21-26)41-43-37(27-10-2-1-3-11-27)40-38(44-41)34-17-9-16-31(39(34)46-40)29-12-8-13-30(24-29)45-35-18-6-4-14-32(35)33-15-5-7-19-36(33)45/h1-24H. The molecule has 9 rings (SSSR count). The molecule has 0 bridgehead atoms. The second kappa shape index (κ2) is 10.5. The summed E-state index contributed by atoms with van der Waals surface area (Å²) in [5.41, 5.74) is 10.2. The summed E-state index contributed by atoms with van der Waals surface area (Å²) in [6, 6.07) is 52.6. The monoisotopic (exact) mass is 604 g/mol. The van der Waals surface area contributed by atoms with E-state index in [9.17, 15) is 5.26 Å². The first-order valence-corrected chi connectivity index (χ1v) is 16.0. The number of rotatable bonds is 4. The van der Waals surface area contributed by atoms with Gasteiger partial charge in [-0.2, -0.15) is 5.26 Å². The molecule has 0 saturated heterocycles. The third-order valence-electron chi connectivity index (χ3n) is 8.65. The maximum absolute atomic E-state index is 9.33. The molecule has 214 valence electrons. The maximum atomic E-state index is 9.33. The zero-order chi connectivity index (χ0) is 30.6. The van der Waals surface area contributed by atoms with Crippen molar-refractivity contribution in [2.24, 2.45) is 0 Å². The molecule has 0 atom stereocenters. The molecule has 0 aliphatic heterocycles. The van der Waals surface area contributed by atoms with Crippen molar-refractivity contribution in [3.05, 3.63) is 151 Å². The number of thiophene rings is 1. The van der Waals surface area contributed by atoms with Crippen molar-refractivity contribution < 1.29 is 0 Å². The van der Waals surface area contributed by atoms with E-state index in [1.165, 1.54) is 32.1 Å². The minimum Gasteiger partial charge on any atom is -0.309 e. The molecule has 9 aromatic rings. The van der Waals surface area contributed by atoms with Crippen molar-refractivity contribution >= 4 is 53.4 Å². The molecule has 46 heavy (non-hydrogen) atoms. The molecule has 0 fully saturated rings. The van der Waals surface area contributed by atoms with E-state index >= 15 is 0 Å². The largest absolute Gasteiger partial charge is 0.309 e. The molecule has 0 spiro atoms. The van der Waals surface area contributed by atoms with E-state index < -0.39 is 0 Å². The minimum absolute atomic E-state index is 0.613. The van der Waals surface area contributed by atoms with E-state index in [0.29, 0.717) is 11.4 Å². The molecular weight excluding hydrogens is 581 g/mol. The number of hydrogen-bond acceptors (Lipinski definition) is 4. The molecule has 0 amide bonds. The Morgan fingerprint density at radius 2 is 1.20 bits per heavy atom. The number of benzene rings is 6. The Morgan fingerprint density at radius 3 is 1.93 bits per heavy atom. The summed E-state index contributed by atoms with van der Waals surface area (Å²) in [4.78, 5) is 10.3. The topological polar surface area (TPSA) is 54.5 Å². The highest BCUT2D eigenvalue weighted by molar-refractivity contribution is 7.26. The third kappa shape index (κ3) is 4.12. The fourth-order valence-electron chi connectivity index (χ4n) is 6.52. The lowest BCUT2D eigenvalue weighted by Crippen LogP contribution is -1.94. The third-order valence-corrected chi connectivity index (χ3v) is 9.89. The molecule has 0 unspecified atom stereocenters. The predicted octanol–water partition coefficient (Wildman–Crippen LogP) is 10.8. The molecule has 0 saturated carbocycles. The van der Waals surface area contributed by atoms with E-state index in [1.54, 1.807) is 11.3 Å². The van der Waals surface area contributed by atoms with Gasteiger partial charge in [0.05, 0.1) is 38.6 Å². The van der Waals surface area contributed by atoms with Crippen LogP contribution in [-0.2, 0) is 0 Å². The lowest BCUT2D eigenvalue weighted by Gasteiger charge is -2.11. The van der Waals surface area contributed by atoms with Crippen LogP contribution < -0.4 is 0 Å². The second-order valence-electron chi connectivity index (χ2n) is 11.3. The zero-order valence-electron chi connectivity index (χ0n) is 24.6. The zero-order valence-corrected chi connectivity index (χ0v) is 25.4. The number of fused-ring (bicyclic) bond motifs is 6. The molecule has 0 aliphatic carbocycles. The minimum atomic E-state index is 0.613. The molecule has 4 nitrogen and oxygen atoms in total. The summed E-state index contributed by atoms with van der Waals surface area (Å²) in [7, 11) is 0. The van der Waals surface area contributed by atoms with Gasteiger partial charge in [-0.15, -0.1) is 11.3 Å². The van der Waals surface area contributed by atoms with E-state index in [1.807, 2.05) is 42.5 Å². The van der Waals surface area contributed by atoms with Gasteiger partial charge in [-0.25, -0.2) is 9.97 Å². The summed E-state index contributed by atoms with van der Waals surface area (Å²) in [6.45, 7) is 0. The smallest absolute Gasteiger partial charge is 0.160 e. The first-order chi connectivity index (χ1) is 22.8. The van der Waals surface area contributed by atoms with Crippen molar-refractivity contribution in [2.45, 2.75) is 0 Å². The van der Waals surface area contributed by atoms with Gasteiger partial charge in [0.1, 0.15) is 0 Å². The average Bonchev–Trinajstić information content (AvgIpc) is 3.68. The highest BCUT2D eigenvalue weighted by Crippen LogP contribution is 2.44. The molecule has 0 N–H and O–H groups in total. The van der Waals surface area contributed by atoms with Crippen LogP contribution in [0.5, 0.6) is 0 Å². The first kappa shape index (κ1) is 26.3. The van der Waals surface area contributed by atoms with Gasteiger partial charge in [0.15, 0.2) is 5.82 Å². The van der Waals surface area contributed by atoms with Crippen LogP contribution in [0.15, 0.2) is 146 Å². The average molecular weight is 605 g/mol. The van der Waals surface area contributed by atoms with Crippen molar-refractivity contribution in [1.29, 1.82) is 5.26 Å². The summed E-state index contributed by atoms with van der Waals surface area (Å²) < 4.78 is 4.60. The number of aromatic nitrogens is 3. The SMILES string of the molecule is N#Cc1ccc(-c2nc(-c3ccccc3)c3sc4c(-c5cccc(-n6c7ccccc7c7ccccc76)c5)cccc4c3n2)cc1. The molecule has 6 aromatic carbocycles. The molecule has 3 heterocycles. The highest BCUT2D eigenvalue weighted by Gasteiger charge is 2.19. The Bertz CT molecular complexity index is 2590. The van der Waals surface area contributed by atoms with Crippen LogP contribution in [0.4, 0.5) is 0 Å². The molecule has 0 aliphatic rings. The van der Waals surface area contributed by atoms with Crippen LogP contribution in [0.25, 0.3) is 81.6 Å². The number of hydrogen-bond donors (Lipinski definition) is 0. The maximum Gasteiger partial charge on any atom is 0.160 e. The van der Waals surface area contributed by atoms with Crippen LogP contribution in [-0.4, -0.2) is 14.5 Å². The van der Waals surface area contributed by atoms with Crippen molar-refractivity contribution in [2.75, 3.05) is 0 Å². The molecule has 3 aromatic heterocycles. The van der Waals surface area contributed by atoms with E-state index in [0.717, 1.165) is 43.7 Å². The number of nitrogens with zero attached hydrogens (tertiary/aromatic N) is 4. The predicted molar refractivity (Wildman–Crippen MR) is 190 cm³/mol. The molecule has 5 heteroatoms. The van der Waals surface area contributed by atoms with Crippen LogP contribution in [0.2, 0.25) is 0 Å². The summed E-state index contributed by atoms with van der Waals surface area (Å²) in [5.74, 6) is 0.648. The van der Waals surface area contributed by atoms with Gasteiger partial charge >= 0.3 is 0 Å². The fraction of sp³-hybridized carbons (Fsp3) is 0. The van der Waals surface area contributed by atoms with Crippen molar-refractivity contribution in [3.63, 3.8) is 0 Å². The Morgan fingerprint density at radius 1 is 0.543 bits per heavy atom. The van der Waals surface area contributed by atoms with Crippen molar-refractivity contribution in [3.8, 4) is 45.5 Å². The Kier molecular flexibility index (Phi) is 6.02. The first-order valence-electron chi connectivity index (χ1n) is 15.1. The van der Waals surface area contributed by atoms with Gasteiger partial charge < -0.3 is 4.57 Å². The van der Waals surface area contributed by atoms with Gasteiger partial charge in [0, 0.05) is 37.7 Å². The fourth-order valence-corrected chi connectivity index (χ4v) is 7.81. The van der Waals surface area contributed by atoms with Crippen LogP contribution >= 0.6 is 11.3 Å². The van der Waals surface area contributed by atoms with Gasteiger partial charge in [0.25, 0.3) is 0 Å². The second-order valence-corrected chi connectivity index (χ2v) is 12.4. The van der Waals surface area contributed by atoms with Crippen LogP contribution in [0.3, 0.4) is 0 Å². The quantitative estimate of drug-likeness (QED) is 0.201. The van der Waals surface area contributed by atoms with E-state index in [-0.39, 0.29) is 0 Å². The molecular formula is C41H24N4S. The van der Waals surface area contributed by atoms with Crippen LogP contribution in [0.1, 0.15) is 5.56 Å². The Hall–Kier alpha value is -6.09. The van der Waals surface area contributed by atoms with E-state index in [4.69, 9.17) is 9.97 Å². The number of para-hydroxylation sites is 2. The lowest BCUT2D eigenvalue weighted by atomic mass is 10.0. The van der Waals surface area contributed by atoms with Crippen LogP contribution in [0, 0.1) is 11.3 Å². The van der Waals surface area contributed by atoms with Gasteiger partial charge in [-0.1, -0.05) is 97.1 Å². The van der Waals surface area contributed by atoms with E-state index in [2.05, 4.69) is 114 Å². The van der Waals surface area contributed by atoms with Gasteiger partial charge in [0.2, 0.25) is 0 Å². The Balaban J connectivity index is 1.27. The molecule has 0 radical (unpaired) electrons.